The van der Waals surface area contributed by atoms with Crippen molar-refractivity contribution in [2.24, 2.45) is 0 Å². The highest BCUT2D eigenvalue weighted by Crippen LogP contribution is 2.17. The molecule has 0 aliphatic carbocycles. The molecule has 0 saturated carbocycles. The number of hydrogen-bond acceptors (Lipinski definition) is 4. The van der Waals surface area contributed by atoms with Gasteiger partial charge in [0.1, 0.15) is 5.75 Å². The van der Waals surface area contributed by atoms with Crippen molar-refractivity contribution in [1.82, 2.24) is 15.5 Å². The van der Waals surface area contributed by atoms with Crippen molar-refractivity contribution in [3.63, 3.8) is 0 Å². The van der Waals surface area contributed by atoms with Crippen LogP contribution in [0.1, 0.15) is 25.3 Å². The molecule has 0 aromatic heterocycles. The number of para-hydroxylation sites is 1. The lowest BCUT2D eigenvalue weighted by atomic mass is 10.1. The Morgan fingerprint density at radius 3 is 2.88 bits per heavy atom. The third kappa shape index (κ3) is 5.04. The second-order valence-electron chi connectivity index (χ2n) is 5.62. The lowest BCUT2D eigenvalue weighted by Gasteiger charge is -2.32. The molecule has 1 atom stereocenters. The van der Waals surface area contributed by atoms with E-state index in [0.29, 0.717) is 26.2 Å². The molecule has 0 unspecified atom stereocenters. The number of ether oxygens (including phenoxy) is 2. The van der Waals surface area contributed by atoms with Crippen LogP contribution in [0.4, 0.5) is 9.59 Å². The van der Waals surface area contributed by atoms with E-state index >= 15 is 0 Å². The van der Waals surface area contributed by atoms with Crippen LogP contribution < -0.4 is 15.4 Å². The van der Waals surface area contributed by atoms with E-state index in [1.165, 1.54) is 7.11 Å². The van der Waals surface area contributed by atoms with Crippen LogP contribution in [0.25, 0.3) is 0 Å². The van der Waals surface area contributed by atoms with Crippen molar-refractivity contribution < 1.29 is 19.1 Å². The quantitative estimate of drug-likeness (QED) is 0.864. The van der Waals surface area contributed by atoms with E-state index in [0.717, 1.165) is 24.2 Å². The van der Waals surface area contributed by atoms with Gasteiger partial charge in [-0.3, -0.25) is 0 Å². The molecule has 0 radical (unpaired) electrons. The Balaban J connectivity index is 1.82. The van der Waals surface area contributed by atoms with Crippen LogP contribution >= 0.6 is 0 Å². The minimum absolute atomic E-state index is 0.0695. The molecular weight excluding hydrogens is 310 g/mol. The largest absolute Gasteiger partial charge is 0.494 e. The molecular formula is C17H25N3O4. The first-order chi connectivity index (χ1) is 11.6. The lowest BCUT2D eigenvalue weighted by molar-refractivity contribution is 0.108. The SMILES string of the molecule is CCOc1ccccc1CNC(=O)N[C@H]1CCCN(C(=O)OC)C1. The zero-order valence-corrected chi connectivity index (χ0v) is 14.2. The van der Waals surface area contributed by atoms with Crippen molar-refractivity contribution in [1.29, 1.82) is 0 Å². The van der Waals surface area contributed by atoms with Gasteiger partial charge in [-0.1, -0.05) is 18.2 Å². The molecule has 1 heterocycles. The maximum Gasteiger partial charge on any atom is 0.409 e. The second-order valence-corrected chi connectivity index (χ2v) is 5.62. The number of benzene rings is 1. The molecule has 1 aliphatic rings. The van der Waals surface area contributed by atoms with Gasteiger partial charge in [0.05, 0.1) is 13.7 Å². The van der Waals surface area contributed by atoms with E-state index in [1.54, 1.807) is 4.90 Å². The number of carbonyl (C=O) groups excluding carboxylic acids is 2. The smallest absolute Gasteiger partial charge is 0.409 e. The number of rotatable bonds is 5. The van der Waals surface area contributed by atoms with Crippen molar-refractivity contribution in [3.8, 4) is 5.75 Å². The average molecular weight is 335 g/mol. The predicted molar refractivity (Wildman–Crippen MR) is 90.0 cm³/mol. The second kappa shape index (κ2) is 9.00. The normalized spacial score (nSPS) is 17.1. The van der Waals surface area contributed by atoms with Gasteiger partial charge in [-0.2, -0.15) is 0 Å². The van der Waals surface area contributed by atoms with E-state index in [9.17, 15) is 9.59 Å². The van der Waals surface area contributed by atoms with Gasteiger partial charge in [-0.15, -0.1) is 0 Å². The zero-order valence-electron chi connectivity index (χ0n) is 14.2. The molecule has 7 nitrogen and oxygen atoms in total. The number of amides is 3. The van der Waals surface area contributed by atoms with Gasteiger partial charge in [0.15, 0.2) is 0 Å². The van der Waals surface area contributed by atoms with Gasteiger partial charge < -0.3 is 25.0 Å². The fourth-order valence-corrected chi connectivity index (χ4v) is 2.75. The van der Waals surface area contributed by atoms with Gasteiger partial charge in [0.25, 0.3) is 0 Å². The molecule has 0 spiro atoms. The standard InChI is InChI=1S/C17H25N3O4/c1-3-24-15-9-5-4-7-13(15)11-18-16(21)19-14-8-6-10-20(12-14)17(22)23-2/h4-5,7,9,14H,3,6,8,10-12H2,1-2H3,(H2,18,19,21)/t14-/m0/s1. The van der Waals surface area contributed by atoms with Crippen LogP contribution in [-0.2, 0) is 11.3 Å². The molecule has 1 fully saturated rings. The zero-order chi connectivity index (χ0) is 17.4. The Morgan fingerprint density at radius 1 is 1.33 bits per heavy atom. The Morgan fingerprint density at radius 2 is 2.12 bits per heavy atom. The molecule has 1 aliphatic heterocycles. The van der Waals surface area contributed by atoms with E-state index in [-0.39, 0.29) is 18.2 Å². The molecule has 2 rings (SSSR count). The number of urea groups is 1. The van der Waals surface area contributed by atoms with E-state index in [1.807, 2.05) is 31.2 Å². The summed E-state index contributed by atoms with van der Waals surface area (Å²) in [6, 6.07) is 7.29. The van der Waals surface area contributed by atoms with Crippen molar-refractivity contribution in [2.45, 2.75) is 32.4 Å². The number of hydrogen-bond donors (Lipinski definition) is 2. The average Bonchev–Trinajstić information content (AvgIpc) is 2.61. The first-order valence-electron chi connectivity index (χ1n) is 8.22. The van der Waals surface area contributed by atoms with E-state index in [2.05, 4.69) is 10.6 Å². The van der Waals surface area contributed by atoms with Gasteiger partial charge in [0, 0.05) is 31.2 Å². The highest BCUT2D eigenvalue weighted by molar-refractivity contribution is 5.74. The summed E-state index contributed by atoms with van der Waals surface area (Å²) in [4.78, 5) is 25.3. The Bertz CT molecular complexity index is 565. The molecule has 24 heavy (non-hydrogen) atoms. The first kappa shape index (κ1) is 17.9. The van der Waals surface area contributed by atoms with Crippen LogP contribution in [0.5, 0.6) is 5.75 Å². The molecule has 132 valence electrons. The molecule has 2 N–H and O–H groups in total. The van der Waals surface area contributed by atoms with Crippen molar-refractivity contribution in [3.05, 3.63) is 29.8 Å². The van der Waals surface area contributed by atoms with Crippen molar-refractivity contribution in [2.75, 3.05) is 26.8 Å². The van der Waals surface area contributed by atoms with Gasteiger partial charge >= 0.3 is 12.1 Å². The Labute approximate surface area is 142 Å². The van der Waals surface area contributed by atoms with E-state index in [4.69, 9.17) is 9.47 Å². The molecule has 0 bridgehead atoms. The Kier molecular flexibility index (Phi) is 6.72. The third-order valence-corrected chi connectivity index (χ3v) is 3.90. The maximum absolute atomic E-state index is 12.1. The highest BCUT2D eigenvalue weighted by atomic mass is 16.5. The summed E-state index contributed by atoms with van der Waals surface area (Å²) < 4.78 is 10.3. The minimum Gasteiger partial charge on any atom is -0.494 e. The van der Waals surface area contributed by atoms with Crippen LogP contribution in [-0.4, -0.2) is 49.9 Å². The van der Waals surface area contributed by atoms with Crippen molar-refractivity contribution >= 4 is 12.1 Å². The number of methoxy groups -OCH3 is 1. The number of carbonyl (C=O) groups is 2. The molecule has 1 aromatic carbocycles. The molecule has 3 amide bonds. The van der Waals surface area contributed by atoms with Crippen LogP contribution in [0.2, 0.25) is 0 Å². The van der Waals surface area contributed by atoms with Gasteiger partial charge in [0.2, 0.25) is 0 Å². The summed E-state index contributed by atoms with van der Waals surface area (Å²) in [6.45, 7) is 4.01. The number of piperidine rings is 1. The summed E-state index contributed by atoms with van der Waals surface area (Å²) in [5.74, 6) is 0.773. The summed E-state index contributed by atoms with van der Waals surface area (Å²) in [7, 11) is 1.36. The summed E-state index contributed by atoms with van der Waals surface area (Å²) in [5.41, 5.74) is 0.925. The number of nitrogens with one attached hydrogen (secondary N) is 2. The third-order valence-electron chi connectivity index (χ3n) is 3.90. The molecule has 1 aromatic rings. The highest BCUT2D eigenvalue weighted by Gasteiger charge is 2.25. The summed E-state index contributed by atoms with van der Waals surface area (Å²) >= 11 is 0. The van der Waals surface area contributed by atoms with Crippen LogP contribution in [0.15, 0.2) is 24.3 Å². The maximum atomic E-state index is 12.1. The van der Waals surface area contributed by atoms with Gasteiger partial charge in [-0.05, 0) is 25.8 Å². The first-order valence-corrected chi connectivity index (χ1v) is 8.22. The summed E-state index contributed by atoms with van der Waals surface area (Å²) in [6.07, 6.45) is 1.33. The Hall–Kier alpha value is -2.44. The predicted octanol–water partition coefficient (Wildman–Crippen LogP) is 2.12. The van der Waals surface area contributed by atoms with E-state index < -0.39 is 0 Å². The molecule has 7 heteroatoms. The fraction of sp³-hybridized carbons (Fsp3) is 0.529. The van der Waals surface area contributed by atoms with Crippen LogP contribution in [0.3, 0.4) is 0 Å². The van der Waals surface area contributed by atoms with Gasteiger partial charge in [-0.25, -0.2) is 9.59 Å². The summed E-state index contributed by atoms with van der Waals surface area (Å²) in [5, 5.41) is 5.75. The monoisotopic (exact) mass is 335 g/mol. The lowest BCUT2D eigenvalue weighted by Crippen LogP contribution is -2.51. The number of likely N-dealkylation sites (tertiary alicyclic amines) is 1. The molecule has 1 saturated heterocycles. The fourth-order valence-electron chi connectivity index (χ4n) is 2.75. The minimum atomic E-state index is -0.354. The topological polar surface area (TPSA) is 79.9 Å². The number of nitrogens with zero attached hydrogens (tertiary/aromatic N) is 1. The van der Waals surface area contributed by atoms with Crippen LogP contribution in [0, 0.1) is 0 Å².